The molecular formula is C20H26Cl2N6O4S2. The lowest BCUT2D eigenvalue weighted by Crippen LogP contribution is -2.41. The first-order valence-electron chi connectivity index (χ1n) is 10.5. The summed E-state index contributed by atoms with van der Waals surface area (Å²) in [5.74, 6) is -0.146. The van der Waals surface area contributed by atoms with Gasteiger partial charge >= 0.3 is 0 Å². The molecule has 2 N–H and O–H groups in total. The van der Waals surface area contributed by atoms with Gasteiger partial charge in [-0.15, -0.1) is 24.8 Å². The van der Waals surface area contributed by atoms with Crippen molar-refractivity contribution in [1.82, 2.24) is 19.8 Å². The number of fused-ring (bicyclic) bond motifs is 2. The first kappa shape index (κ1) is 27.0. The van der Waals surface area contributed by atoms with E-state index in [-0.39, 0.29) is 36.6 Å². The summed E-state index contributed by atoms with van der Waals surface area (Å²) in [6, 6.07) is 3.90. The average Bonchev–Trinajstić information content (AvgIpc) is 3.34. The van der Waals surface area contributed by atoms with Gasteiger partial charge in [0.05, 0.1) is 60.0 Å². The van der Waals surface area contributed by atoms with Crippen LogP contribution in [-0.2, 0) is 19.1 Å². The van der Waals surface area contributed by atoms with Gasteiger partial charge in [0.2, 0.25) is 11.8 Å². The minimum atomic E-state index is -0.0730. The number of hydrogen-bond acceptors (Lipinski definition) is 10. The zero-order chi connectivity index (χ0) is 21.9. The second-order valence-corrected chi connectivity index (χ2v) is 9.76. The van der Waals surface area contributed by atoms with Crippen molar-refractivity contribution in [2.24, 2.45) is 0 Å². The molecule has 14 heteroatoms. The Balaban J connectivity index is 0.00000162. The largest absolute Gasteiger partial charge is 0.379 e. The van der Waals surface area contributed by atoms with Crippen LogP contribution in [-0.4, -0.2) is 97.3 Å². The number of benzene rings is 1. The van der Waals surface area contributed by atoms with Crippen LogP contribution < -0.4 is 10.6 Å². The van der Waals surface area contributed by atoms with Gasteiger partial charge in [-0.2, -0.15) is 0 Å². The predicted molar refractivity (Wildman–Crippen MR) is 139 cm³/mol. The number of nitrogens with zero attached hydrogens (tertiary/aromatic N) is 4. The fourth-order valence-corrected chi connectivity index (χ4v) is 5.58. The third-order valence-electron chi connectivity index (χ3n) is 5.33. The van der Waals surface area contributed by atoms with Crippen molar-refractivity contribution in [2.45, 2.75) is 0 Å². The molecule has 0 spiro atoms. The van der Waals surface area contributed by atoms with Crippen molar-refractivity contribution in [3.8, 4) is 0 Å². The number of morpholine rings is 2. The summed E-state index contributed by atoms with van der Waals surface area (Å²) < 4.78 is 12.6. The molecule has 1 aromatic carbocycles. The zero-order valence-electron chi connectivity index (χ0n) is 18.3. The standard InChI is InChI=1S/C20H24N6O4S2.2ClH/c27-17(11-25-1-5-29-6-2-25)23-19-21-13-9-14-16(10-15(13)31-19)32-20(22-14)24-18(28)12-26-3-7-30-8-4-26;;/h9-10H,1-8,11-12H2,(H,21,23,27)(H,22,24,28);2*1H. The number of rotatable bonds is 6. The van der Waals surface area contributed by atoms with Crippen LogP contribution in [0.15, 0.2) is 12.1 Å². The predicted octanol–water partition coefficient (Wildman–Crippen LogP) is 2.29. The van der Waals surface area contributed by atoms with Crippen LogP contribution in [0.4, 0.5) is 10.3 Å². The molecule has 4 heterocycles. The Hall–Kier alpha value is -1.64. The SMILES string of the molecule is Cl.Cl.O=C(CN1CCOCC1)Nc1nc2cc3nc(NC(=O)CN4CCOCC4)sc3cc2s1. The molecular weight excluding hydrogens is 523 g/mol. The van der Waals surface area contributed by atoms with Crippen LogP contribution >= 0.6 is 47.5 Å². The molecule has 2 amide bonds. The van der Waals surface area contributed by atoms with E-state index in [4.69, 9.17) is 9.47 Å². The van der Waals surface area contributed by atoms with Gasteiger partial charge in [0.25, 0.3) is 0 Å². The first-order valence-corrected chi connectivity index (χ1v) is 12.2. The van der Waals surface area contributed by atoms with Crippen LogP contribution in [0.5, 0.6) is 0 Å². The lowest BCUT2D eigenvalue weighted by atomic mass is 10.3. The quantitative estimate of drug-likeness (QED) is 0.482. The number of aromatic nitrogens is 2. The van der Waals surface area contributed by atoms with E-state index in [1.165, 1.54) is 22.7 Å². The van der Waals surface area contributed by atoms with Crippen molar-refractivity contribution in [3.63, 3.8) is 0 Å². The Bertz CT molecular complexity index is 996. The maximum Gasteiger partial charge on any atom is 0.240 e. The van der Waals surface area contributed by atoms with Gasteiger partial charge in [0, 0.05) is 26.2 Å². The summed E-state index contributed by atoms with van der Waals surface area (Å²) in [5.41, 5.74) is 1.56. The fraction of sp³-hybridized carbons (Fsp3) is 0.500. The van der Waals surface area contributed by atoms with Gasteiger partial charge in [-0.05, 0) is 12.1 Å². The molecule has 0 atom stereocenters. The number of carbonyl (C=O) groups is 2. The Morgan fingerprint density at radius 3 is 1.59 bits per heavy atom. The number of carbonyl (C=O) groups excluding carboxylic acids is 2. The van der Waals surface area contributed by atoms with Crippen molar-refractivity contribution < 1.29 is 19.1 Å². The smallest absolute Gasteiger partial charge is 0.240 e. The number of thiazole rings is 2. The lowest BCUT2D eigenvalue weighted by Gasteiger charge is -2.25. The Labute approximate surface area is 216 Å². The number of halogens is 2. The molecule has 2 saturated heterocycles. The maximum absolute atomic E-state index is 12.3. The highest BCUT2D eigenvalue weighted by Gasteiger charge is 2.18. The van der Waals surface area contributed by atoms with E-state index >= 15 is 0 Å². The number of anilines is 2. The molecule has 2 fully saturated rings. The molecule has 0 radical (unpaired) electrons. The van der Waals surface area contributed by atoms with E-state index in [0.29, 0.717) is 49.8 Å². The second kappa shape index (κ2) is 12.4. The van der Waals surface area contributed by atoms with Gasteiger partial charge in [0.1, 0.15) is 0 Å². The normalized spacial score (nSPS) is 17.2. The topological polar surface area (TPSA) is 109 Å². The monoisotopic (exact) mass is 548 g/mol. The molecule has 34 heavy (non-hydrogen) atoms. The summed E-state index contributed by atoms with van der Waals surface area (Å²) in [5, 5.41) is 6.96. The van der Waals surface area contributed by atoms with Crippen molar-refractivity contribution >= 4 is 90.0 Å². The van der Waals surface area contributed by atoms with Gasteiger partial charge < -0.3 is 20.1 Å². The Kier molecular flexibility index (Phi) is 9.80. The van der Waals surface area contributed by atoms with Crippen molar-refractivity contribution in [1.29, 1.82) is 0 Å². The summed E-state index contributed by atoms with van der Waals surface area (Å²) in [4.78, 5) is 37.9. The van der Waals surface area contributed by atoms with E-state index < -0.39 is 0 Å². The van der Waals surface area contributed by atoms with E-state index in [9.17, 15) is 9.59 Å². The molecule has 2 aliphatic heterocycles. The lowest BCUT2D eigenvalue weighted by molar-refractivity contribution is -0.119. The summed E-state index contributed by atoms with van der Waals surface area (Å²) in [6.45, 7) is 6.37. The maximum atomic E-state index is 12.3. The van der Waals surface area contributed by atoms with Gasteiger partial charge in [-0.25, -0.2) is 9.97 Å². The molecule has 10 nitrogen and oxygen atoms in total. The van der Waals surface area contributed by atoms with Gasteiger partial charge in [-0.3, -0.25) is 19.4 Å². The van der Waals surface area contributed by atoms with Crippen LogP contribution in [0.25, 0.3) is 20.4 Å². The third kappa shape index (κ3) is 6.73. The van der Waals surface area contributed by atoms with Crippen LogP contribution in [0.3, 0.4) is 0 Å². The molecule has 5 rings (SSSR count). The molecule has 0 saturated carbocycles. The van der Waals surface area contributed by atoms with E-state index in [2.05, 4.69) is 30.4 Å². The molecule has 0 bridgehead atoms. The van der Waals surface area contributed by atoms with E-state index in [1.807, 2.05) is 12.1 Å². The number of ether oxygens (including phenoxy) is 2. The zero-order valence-corrected chi connectivity index (χ0v) is 21.5. The van der Waals surface area contributed by atoms with Crippen molar-refractivity contribution in [3.05, 3.63) is 12.1 Å². The molecule has 0 unspecified atom stereocenters. The van der Waals surface area contributed by atoms with Gasteiger partial charge in [0.15, 0.2) is 10.3 Å². The van der Waals surface area contributed by atoms with E-state index in [0.717, 1.165) is 46.6 Å². The van der Waals surface area contributed by atoms with Crippen LogP contribution in [0.1, 0.15) is 0 Å². The Morgan fingerprint density at radius 1 is 0.765 bits per heavy atom. The van der Waals surface area contributed by atoms with E-state index in [1.54, 1.807) is 0 Å². The third-order valence-corrected chi connectivity index (χ3v) is 7.20. The molecule has 2 aliphatic rings. The molecule has 186 valence electrons. The highest BCUT2D eigenvalue weighted by molar-refractivity contribution is 7.24. The van der Waals surface area contributed by atoms with Crippen LogP contribution in [0, 0.1) is 0 Å². The minimum absolute atomic E-state index is 0. The van der Waals surface area contributed by atoms with Crippen LogP contribution in [0.2, 0.25) is 0 Å². The van der Waals surface area contributed by atoms with Crippen molar-refractivity contribution in [2.75, 3.05) is 76.3 Å². The first-order chi connectivity index (χ1) is 15.6. The average molecular weight is 550 g/mol. The summed E-state index contributed by atoms with van der Waals surface area (Å²) >= 11 is 2.87. The highest BCUT2D eigenvalue weighted by atomic mass is 35.5. The fourth-order valence-electron chi connectivity index (χ4n) is 3.70. The highest BCUT2D eigenvalue weighted by Crippen LogP contribution is 2.34. The second-order valence-electron chi connectivity index (χ2n) is 7.70. The minimum Gasteiger partial charge on any atom is -0.379 e. The summed E-state index contributed by atoms with van der Waals surface area (Å²) in [6.07, 6.45) is 0. The van der Waals surface area contributed by atoms with Gasteiger partial charge in [-0.1, -0.05) is 22.7 Å². The number of amides is 2. The molecule has 3 aromatic rings. The number of hydrogen-bond donors (Lipinski definition) is 2. The molecule has 0 aliphatic carbocycles. The number of nitrogens with one attached hydrogen (secondary N) is 2. The molecule has 2 aromatic heterocycles. The summed E-state index contributed by atoms with van der Waals surface area (Å²) in [7, 11) is 0. The Morgan fingerprint density at radius 2 is 1.18 bits per heavy atom.